The Balaban J connectivity index is 2.23. The van der Waals surface area contributed by atoms with Gasteiger partial charge in [-0.2, -0.15) is 4.98 Å². The first-order valence-corrected chi connectivity index (χ1v) is 6.37. The van der Waals surface area contributed by atoms with Crippen molar-refractivity contribution in [1.29, 1.82) is 0 Å². The number of furan rings is 1. The summed E-state index contributed by atoms with van der Waals surface area (Å²) in [5.41, 5.74) is 1.33. The Morgan fingerprint density at radius 1 is 1.30 bits per heavy atom. The van der Waals surface area contributed by atoms with E-state index in [1.165, 1.54) is 6.26 Å². The summed E-state index contributed by atoms with van der Waals surface area (Å²) in [5.74, 6) is -0.0210. The molecule has 0 amide bonds. The van der Waals surface area contributed by atoms with Crippen LogP contribution < -0.4 is 5.56 Å². The highest BCUT2D eigenvalue weighted by Gasteiger charge is 2.17. The molecule has 5 heteroatoms. The fourth-order valence-electron chi connectivity index (χ4n) is 2.28. The Hall–Kier alpha value is -2.56. The predicted molar refractivity (Wildman–Crippen MR) is 75.8 cm³/mol. The number of hydrogen-bond acceptors (Lipinski definition) is 4. The molecule has 102 valence electrons. The van der Waals surface area contributed by atoms with Gasteiger partial charge in [0.2, 0.25) is 5.88 Å². The van der Waals surface area contributed by atoms with Crippen LogP contribution in [0, 0.1) is 0 Å². The van der Waals surface area contributed by atoms with Crippen LogP contribution in [0.2, 0.25) is 0 Å². The first-order chi connectivity index (χ1) is 9.58. The van der Waals surface area contributed by atoms with Gasteiger partial charge in [0.15, 0.2) is 0 Å². The zero-order chi connectivity index (χ0) is 14.3. The van der Waals surface area contributed by atoms with Crippen LogP contribution in [0.15, 0.2) is 39.7 Å². The number of fused-ring (bicyclic) bond motifs is 1. The largest absolute Gasteiger partial charge is 0.493 e. The van der Waals surface area contributed by atoms with Crippen molar-refractivity contribution in [3.63, 3.8) is 0 Å². The molecule has 0 atom stereocenters. The van der Waals surface area contributed by atoms with Crippen LogP contribution in [-0.4, -0.2) is 15.1 Å². The maximum absolute atomic E-state index is 12.0. The van der Waals surface area contributed by atoms with Gasteiger partial charge >= 0.3 is 0 Å². The van der Waals surface area contributed by atoms with E-state index in [-0.39, 0.29) is 17.4 Å². The Morgan fingerprint density at radius 2 is 2.05 bits per heavy atom. The van der Waals surface area contributed by atoms with E-state index >= 15 is 0 Å². The predicted octanol–water partition coefficient (Wildman–Crippen LogP) is 3.01. The van der Waals surface area contributed by atoms with Gasteiger partial charge in [-0.1, -0.05) is 32.0 Å². The van der Waals surface area contributed by atoms with Crippen molar-refractivity contribution in [3.05, 3.63) is 46.4 Å². The fourth-order valence-corrected chi connectivity index (χ4v) is 2.28. The average Bonchev–Trinajstić information content (AvgIpc) is 2.81. The Kier molecular flexibility index (Phi) is 2.82. The lowest BCUT2D eigenvalue weighted by Crippen LogP contribution is -2.16. The fraction of sp³-hybridized carbons (Fsp3) is 0.200. The lowest BCUT2D eigenvalue weighted by molar-refractivity contribution is 0.440. The third-order valence-corrected chi connectivity index (χ3v) is 3.25. The maximum atomic E-state index is 12.0. The van der Waals surface area contributed by atoms with Crippen LogP contribution in [0.5, 0.6) is 5.88 Å². The molecule has 0 bridgehead atoms. The summed E-state index contributed by atoms with van der Waals surface area (Å²) in [4.78, 5) is 18.8. The van der Waals surface area contributed by atoms with Gasteiger partial charge in [-0.05, 0) is 12.0 Å². The zero-order valence-electron chi connectivity index (χ0n) is 11.2. The standard InChI is InChI=1S/C15H14N2O3/c1-8(2)12-14(18)16-13(17-15(12)19)10-7-20-11-6-4-3-5-9(10)11/h3-8H,1-2H3,(H2,16,17,18,19). The van der Waals surface area contributed by atoms with Gasteiger partial charge in [0, 0.05) is 5.39 Å². The van der Waals surface area contributed by atoms with E-state index in [9.17, 15) is 9.90 Å². The van der Waals surface area contributed by atoms with Gasteiger partial charge in [-0.15, -0.1) is 0 Å². The number of hydrogen-bond donors (Lipinski definition) is 2. The quantitative estimate of drug-likeness (QED) is 0.750. The average molecular weight is 270 g/mol. The van der Waals surface area contributed by atoms with Crippen molar-refractivity contribution in [2.75, 3.05) is 0 Å². The lowest BCUT2D eigenvalue weighted by Gasteiger charge is -2.07. The van der Waals surface area contributed by atoms with Crippen LogP contribution in [0.3, 0.4) is 0 Å². The molecule has 0 spiro atoms. The molecule has 2 heterocycles. The highest BCUT2D eigenvalue weighted by atomic mass is 16.3. The molecule has 2 aromatic heterocycles. The summed E-state index contributed by atoms with van der Waals surface area (Å²) < 4.78 is 5.42. The Labute approximate surface area is 114 Å². The zero-order valence-corrected chi connectivity index (χ0v) is 11.2. The minimum atomic E-state index is -0.326. The third kappa shape index (κ3) is 1.87. The van der Waals surface area contributed by atoms with Crippen LogP contribution in [0.1, 0.15) is 25.3 Å². The molecule has 0 radical (unpaired) electrons. The number of benzene rings is 1. The summed E-state index contributed by atoms with van der Waals surface area (Å²) in [6.45, 7) is 3.66. The maximum Gasteiger partial charge on any atom is 0.258 e. The summed E-state index contributed by atoms with van der Waals surface area (Å²) in [6, 6.07) is 7.45. The lowest BCUT2D eigenvalue weighted by atomic mass is 10.1. The molecule has 5 nitrogen and oxygen atoms in total. The smallest absolute Gasteiger partial charge is 0.258 e. The second-order valence-electron chi connectivity index (χ2n) is 4.95. The molecule has 20 heavy (non-hydrogen) atoms. The highest BCUT2D eigenvalue weighted by molar-refractivity contribution is 5.91. The highest BCUT2D eigenvalue weighted by Crippen LogP contribution is 2.29. The first-order valence-electron chi connectivity index (χ1n) is 6.37. The molecular weight excluding hydrogens is 256 g/mol. The molecular formula is C15H14N2O3. The van der Waals surface area contributed by atoms with Crippen LogP contribution in [0.4, 0.5) is 0 Å². The van der Waals surface area contributed by atoms with Crippen molar-refractivity contribution in [2.45, 2.75) is 19.8 Å². The van der Waals surface area contributed by atoms with Crippen LogP contribution >= 0.6 is 0 Å². The Bertz CT molecular complexity index is 830. The van der Waals surface area contributed by atoms with Gasteiger partial charge < -0.3 is 14.5 Å². The van der Waals surface area contributed by atoms with Crippen LogP contribution in [0.25, 0.3) is 22.4 Å². The number of rotatable bonds is 2. The van der Waals surface area contributed by atoms with E-state index < -0.39 is 0 Å². The molecule has 0 saturated carbocycles. The van der Waals surface area contributed by atoms with Crippen molar-refractivity contribution < 1.29 is 9.52 Å². The van der Waals surface area contributed by atoms with Gasteiger partial charge in [0.1, 0.15) is 17.7 Å². The minimum absolute atomic E-state index is 0.0959. The normalized spacial score (nSPS) is 11.3. The first kappa shape index (κ1) is 12.5. The van der Waals surface area contributed by atoms with E-state index in [1.54, 1.807) is 0 Å². The number of aromatic hydroxyl groups is 1. The molecule has 2 N–H and O–H groups in total. The number of para-hydroxylation sites is 1. The number of nitrogens with one attached hydrogen (secondary N) is 1. The summed E-state index contributed by atoms with van der Waals surface area (Å²) >= 11 is 0. The molecule has 0 aliphatic carbocycles. The second-order valence-corrected chi connectivity index (χ2v) is 4.95. The topological polar surface area (TPSA) is 79.1 Å². The molecule has 1 aromatic carbocycles. The van der Waals surface area contributed by atoms with E-state index in [1.807, 2.05) is 38.1 Å². The minimum Gasteiger partial charge on any atom is -0.493 e. The molecule has 3 aromatic rings. The van der Waals surface area contributed by atoms with Crippen LogP contribution in [-0.2, 0) is 0 Å². The Morgan fingerprint density at radius 3 is 2.75 bits per heavy atom. The van der Waals surface area contributed by atoms with Gasteiger partial charge in [-0.3, -0.25) is 4.79 Å². The summed E-state index contributed by atoms with van der Waals surface area (Å²) in [7, 11) is 0. The van der Waals surface area contributed by atoms with Gasteiger partial charge in [0.05, 0.1) is 11.1 Å². The van der Waals surface area contributed by atoms with Crippen molar-refractivity contribution in [3.8, 4) is 17.3 Å². The second kappa shape index (κ2) is 4.52. The number of H-pyrrole nitrogens is 1. The van der Waals surface area contributed by atoms with Gasteiger partial charge in [-0.25, -0.2) is 0 Å². The van der Waals surface area contributed by atoms with Crippen molar-refractivity contribution in [2.24, 2.45) is 0 Å². The van der Waals surface area contributed by atoms with Crippen molar-refractivity contribution >= 4 is 11.0 Å². The number of aromatic amines is 1. The van der Waals surface area contributed by atoms with E-state index in [4.69, 9.17) is 4.42 Å². The molecule has 0 aliphatic rings. The SMILES string of the molecule is CC(C)c1c(O)nc(-c2coc3ccccc23)[nH]c1=O. The summed E-state index contributed by atoms with van der Waals surface area (Å²) in [6.07, 6.45) is 1.53. The van der Waals surface area contributed by atoms with Gasteiger partial charge in [0.25, 0.3) is 5.56 Å². The third-order valence-electron chi connectivity index (χ3n) is 3.25. The van der Waals surface area contributed by atoms with E-state index in [0.717, 1.165) is 5.39 Å². The molecule has 3 rings (SSSR count). The summed E-state index contributed by atoms with van der Waals surface area (Å²) in [5, 5.41) is 10.8. The van der Waals surface area contributed by atoms with E-state index in [2.05, 4.69) is 9.97 Å². The molecule has 0 fully saturated rings. The molecule has 0 saturated heterocycles. The molecule has 0 unspecified atom stereocenters. The monoisotopic (exact) mass is 270 g/mol. The number of nitrogens with zero attached hydrogens (tertiary/aromatic N) is 1. The van der Waals surface area contributed by atoms with E-state index in [0.29, 0.717) is 22.5 Å². The van der Waals surface area contributed by atoms with Crippen molar-refractivity contribution in [1.82, 2.24) is 9.97 Å². The molecule has 0 aliphatic heterocycles. The number of aromatic nitrogens is 2.